The summed E-state index contributed by atoms with van der Waals surface area (Å²) in [7, 11) is 1.58. The molecule has 2 amide bonds. The number of aryl methyl sites for hydroxylation is 1. The van der Waals surface area contributed by atoms with Gasteiger partial charge in [-0.05, 0) is 31.9 Å². The third kappa shape index (κ3) is 8.54. The molecule has 0 bridgehead atoms. The summed E-state index contributed by atoms with van der Waals surface area (Å²) in [6.07, 6.45) is 1.10. The predicted octanol–water partition coefficient (Wildman–Crippen LogP) is 3.27. The first-order valence-corrected chi connectivity index (χ1v) is 13.1. The molecule has 12 heteroatoms. The number of alkyl halides is 3. The summed E-state index contributed by atoms with van der Waals surface area (Å²) in [5.41, 5.74) is 1.58. The van der Waals surface area contributed by atoms with Crippen molar-refractivity contribution in [2.75, 3.05) is 38.6 Å². The van der Waals surface area contributed by atoms with E-state index in [1.807, 2.05) is 31.2 Å². The largest absolute Gasteiger partial charge is 0.489 e. The van der Waals surface area contributed by atoms with Crippen LogP contribution < -0.4 is 10.1 Å². The zero-order valence-corrected chi connectivity index (χ0v) is 22.2. The molecule has 1 aromatic heterocycles. The fourth-order valence-electron chi connectivity index (χ4n) is 4.81. The van der Waals surface area contributed by atoms with Crippen LogP contribution >= 0.6 is 0 Å². The van der Waals surface area contributed by atoms with Crippen LogP contribution in [0, 0.1) is 12.8 Å². The number of ether oxygens (including phenoxy) is 2. The van der Waals surface area contributed by atoms with Crippen molar-refractivity contribution in [1.82, 2.24) is 14.7 Å². The smallest absolute Gasteiger partial charge is 0.397 e. The number of rotatable bonds is 9. The number of benzene rings is 1. The zero-order chi connectivity index (χ0) is 28.0. The third-order valence-electron chi connectivity index (χ3n) is 6.84. The molecule has 9 nitrogen and oxygen atoms in total. The van der Waals surface area contributed by atoms with E-state index in [2.05, 4.69) is 10.4 Å². The number of carbonyl (C=O) groups is 2. The van der Waals surface area contributed by atoms with Gasteiger partial charge in [-0.15, -0.1) is 0 Å². The normalized spacial score (nSPS) is 21.8. The Hall–Kier alpha value is -3.41. The van der Waals surface area contributed by atoms with Gasteiger partial charge in [0.1, 0.15) is 37.5 Å². The van der Waals surface area contributed by atoms with Crippen molar-refractivity contribution in [2.24, 2.45) is 5.92 Å². The number of anilines is 1. The lowest BCUT2D eigenvalue weighted by Crippen LogP contribution is -2.45. The summed E-state index contributed by atoms with van der Waals surface area (Å²) < 4.78 is 53.8. The van der Waals surface area contributed by atoms with Gasteiger partial charge in [-0.2, -0.15) is 18.3 Å². The van der Waals surface area contributed by atoms with E-state index in [1.54, 1.807) is 24.4 Å². The number of carbonyl (C=O) groups excluding carboxylic acids is 2. The standard InChI is InChI=1S/C27H34F3N5O4/c1-19-5-7-22(8-6-19)39-23-4-3-10-34(17-23)26(37)18-35-15-21(13-31-35)32-25(36)9-11-38-24-12-20(27(28,29)30)14-33(2)16-24/h5-8,13,15-16,20,23-24H,3-4,9-12,14,17-18H2,1-2H3/p+1. The van der Waals surface area contributed by atoms with Gasteiger partial charge < -0.3 is 19.7 Å². The number of nitrogens with zero attached hydrogens (tertiary/aromatic N) is 4. The van der Waals surface area contributed by atoms with E-state index in [0.717, 1.165) is 24.2 Å². The molecule has 212 valence electrons. The van der Waals surface area contributed by atoms with E-state index in [1.165, 1.54) is 15.5 Å². The first kappa shape index (κ1) is 28.6. The van der Waals surface area contributed by atoms with Crippen LogP contribution in [0.3, 0.4) is 0 Å². The quantitative estimate of drug-likeness (QED) is 0.485. The van der Waals surface area contributed by atoms with Crippen LogP contribution in [0.25, 0.3) is 0 Å². The summed E-state index contributed by atoms with van der Waals surface area (Å²) in [6, 6.07) is 7.84. The molecule has 1 fully saturated rings. The molecular formula is C27H35F3N5O4+. The molecular weight excluding hydrogens is 515 g/mol. The highest BCUT2D eigenvalue weighted by Gasteiger charge is 2.45. The number of likely N-dealkylation sites (tertiary alicyclic amines) is 1. The Balaban J connectivity index is 1.19. The van der Waals surface area contributed by atoms with Gasteiger partial charge in [0.25, 0.3) is 0 Å². The predicted molar refractivity (Wildman–Crippen MR) is 138 cm³/mol. The molecule has 4 rings (SSSR count). The minimum absolute atomic E-state index is 0.0151. The van der Waals surface area contributed by atoms with Gasteiger partial charge in [-0.25, -0.2) is 4.58 Å². The number of piperidine rings is 1. The fourth-order valence-corrected chi connectivity index (χ4v) is 4.81. The Kier molecular flexibility index (Phi) is 9.26. The number of hydrogen-bond acceptors (Lipinski definition) is 5. The molecule has 0 radical (unpaired) electrons. The second-order valence-electron chi connectivity index (χ2n) is 10.2. The number of nitrogens with one attached hydrogen (secondary N) is 1. The van der Waals surface area contributed by atoms with Crippen molar-refractivity contribution in [2.45, 2.75) is 57.5 Å². The van der Waals surface area contributed by atoms with Crippen molar-refractivity contribution in [3.8, 4) is 5.75 Å². The fraction of sp³-hybridized carbons (Fsp3) is 0.556. The van der Waals surface area contributed by atoms with E-state index < -0.39 is 18.2 Å². The first-order valence-electron chi connectivity index (χ1n) is 13.1. The van der Waals surface area contributed by atoms with Crippen LogP contribution in [-0.2, 0) is 20.9 Å². The second kappa shape index (κ2) is 12.6. The number of hydrogen-bond donors (Lipinski definition) is 1. The van der Waals surface area contributed by atoms with Gasteiger partial charge in [0.2, 0.25) is 11.8 Å². The zero-order valence-electron chi connectivity index (χ0n) is 22.2. The lowest BCUT2D eigenvalue weighted by molar-refractivity contribution is -0.518. The molecule has 0 spiro atoms. The SMILES string of the molecule is Cc1ccc(OC2CCCN(C(=O)Cn3cc(NC(=O)CCOC4C=[N+](C)CC(C(F)(F)F)C4)cn3)C2)cc1. The minimum atomic E-state index is -4.28. The topological polar surface area (TPSA) is 88.7 Å². The van der Waals surface area contributed by atoms with Gasteiger partial charge in [0, 0.05) is 19.2 Å². The summed E-state index contributed by atoms with van der Waals surface area (Å²) in [6.45, 7) is 3.07. The average molecular weight is 551 g/mol. The Bertz CT molecular complexity index is 1160. The highest BCUT2D eigenvalue weighted by molar-refractivity contribution is 5.90. The summed E-state index contributed by atoms with van der Waals surface area (Å²) in [4.78, 5) is 26.9. The Morgan fingerprint density at radius 2 is 2.00 bits per heavy atom. The summed E-state index contributed by atoms with van der Waals surface area (Å²) in [5.74, 6) is -1.12. The molecule has 1 aromatic carbocycles. The van der Waals surface area contributed by atoms with Crippen molar-refractivity contribution < 1.29 is 36.8 Å². The average Bonchev–Trinajstić information content (AvgIpc) is 3.31. The minimum Gasteiger partial charge on any atom is -0.489 e. The van der Waals surface area contributed by atoms with Gasteiger partial charge >= 0.3 is 6.18 Å². The van der Waals surface area contributed by atoms with Gasteiger partial charge in [0.15, 0.2) is 12.8 Å². The lowest BCUT2D eigenvalue weighted by atomic mass is 9.98. The van der Waals surface area contributed by atoms with Crippen LogP contribution in [0.4, 0.5) is 18.9 Å². The summed E-state index contributed by atoms with van der Waals surface area (Å²) in [5, 5.41) is 6.85. The van der Waals surface area contributed by atoms with Crippen LogP contribution in [0.5, 0.6) is 5.75 Å². The Morgan fingerprint density at radius 3 is 2.74 bits per heavy atom. The van der Waals surface area contributed by atoms with E-state index in [9.17, 15) is 22.8 Å². The third-order valence-corrected chi connectivity index (χ3v) is 6.84. The maximum absolute atomic E-state index is 13.1. The van der Waals surface area contributed by atoms with E-state index >= 15 is 0 Å². The van der Waals surface area contributed by atoms with E-state index in [-0.39, 0.29) is 50.5 Å². The molecule has 3 atom stereocenters. The summed E-state index contributed by atoms with van der Waals surface area (Å²) >= 11 is 0. The lowest BCUT2D eigenvalue weighted by Gasteiger charge is -2.33. The molecule has 0 aliphatic carbocycles. The Morgan fingerprint density at radius 1 is 1.23 bits per heavy atom. The van der Waals surface area contributed by atoms with Gasteiger partial charge in [0.05, 0.1) is 31.5 Å². The highest BCUT2D eigenvalue weighted by atomic mass is 19.4. The highest BCUT2D eigenvalue weighted by Crippen LogP contribution is 2.31. The molecule has 3 heterocycles. The van der Waals surface area contributed by atoms with Crippen LogP contribution in [-0.4, -0.2) is 89.0 Å². The molecule has 2 aromatic rings. The molecule has 0 saturated carbocycles. The second-order valence-corrected chi connectivity index (χ2v) is 10.2. The Labute approximate surface area is 225 Å². The van der Waals surface area contributed by atoms with Crippen molar-refractivity contribution in [3.05, 3.63) is 42.2 Å². The van der Waals surface area contributed by atoms with Crippen LogP contribution in [0.1, 0.15) is 31.2 Å². The van der Waals surface area contributed by atoms with Crippen LogP contribution in [0.15, 0.2) is 36.7 Å². The molecule has 1 saturated heterocycles. The first-order chi connectivity index (χ1) is 18.5. The number of aromatic nitrogens is 2. The van der Waals surface area contributed by atoms with E-state index in [0.29, 0.717) is 18.8 Å². The van der Waals surface area contributed by atoms with Crippen molar-refractivity contribution in [3.63, 3.8) is 0 Å². The van der Waals surface area contributed by atoms with E-state index in [4.69, 9.17) is 9.47 Å². The molecule has 2 aliphatic heterocycles. The number of halogens is 3. The van der Waals surface area contributed by atoms with Crippen molar-refractivity contribution >= 4 is 23.7 Å². The maximum atomic E-state index is 13.1. The van der Waals surface area contributed by atoms with Crippen LogP contribution in [0.2, 0.25) is 0 Å². The molecule has 3 unspecified atom stereocenters. The monoisotopic (exact) mass is 550 g/mol. The van der Waals surface area contributed by atoms with Gasteiger partial charge in [-0.1, -0.05) is 17.7 Å². The molecule has 39 heavy (non-hydrogen) atoms. The number of amides is 2. The van der Waals surface area contributed by atoms with Crippen molar-refractivity contribution in [1.29, 1.82) is 0 Å². The van der Waals surface area contributed by atoms with Gasteiger partial charge in [-0.3, -0.25) is 14.3 Å². The maximum Gasteiger partial charge on any atom is 0.397 e. The molecule has 2 aliphatic rings. The molecule has 1 N–H and O–H groups in total.